The molecule has 5 nitrogen and oxygen atoms in total. The zero-order valence-electron chi connectivity index (χ0n) is 12.2. The molecule has 1 fully saturated rings. The molecule has 1 aliphatic heterocycles. The van der Waals surface area contributed by atoms with E-state index in [1.54, 1.807) is 11.3 Å². The standard InChI is InChI=1S/C15H20N4OS/c1-2-13-16-14(18-17-13)9-11-3-6-19(7-4-11)15(20)12-5-8-21-10-12/h5,8,10-11H,2-4,6-7,9H2,1H3,(H,16,17,18). The first-order chi connectivity index (χ1) is 10.3. The predicted octanol–water partition coefficient (Wildman–Crippen LogP) is 2.52. The van der Waals surface area contributed by atoms with Gasteiger partial charge in [-0.1, -0.05) is 6.92 Å². The molecule has 0 aliphatic carbocycles. The minimum atomic E-state index is 0.169. The van der Waals surface area contributed by atoms with Crippen molar-refractivity contribution in [1.82, 2.24) is 20.1 Å². The molecule has 1 saturated heterocycles. The molecule has 1 amide bonds. The minimum Gasteiger partial charge on any atom is -0.339 e. The largest absolute Gasteiger partial charge is 0.339 e. The Kier molecular flexibility index (Phi) is 4.34. The highest BCUT2D eigenvalue weighted by Gasteiger charge is 2.24. The molecule has 1 aliphatic rings. The number of aryl methyl sites for hydroxylation is 1. The van der Waals surface area contributed by atoms with Gasteiger partial charge in [-0.05, 0) is 30.2 Å². The third kappa shape index (κ3) is 3.32. The second-order valence-corrected chi connectivity index (χ2v) is 6.28. The summed E-state index contributed by atoms with van der Waals surface area (Å²) < 4.78 is 0. The monoisotopic (exact) mass is 304 g/mol. The summed E-state index contributed by atoms with van der Waals surface area (Å²) in [4.78, 5) is 18.7. The Morgan fingerprint density at radius 2 is 2.29 bits per heavy atom. The van der Waals surface area contributed by atoms with Gasteiger partial charge in [0.25, 0.3) is 5.91 Å². The van der Waals surface area contributed by atoms with E-state index in [9.17, 15) is 4.79 Å². The van der Waals surface area contributed by atoms with Gasteiger partial charge in [-0.15, -0.1) is 0 Å². The lowest BCUT2D eigenvalue weighted by Gasteiger charge is -2.31. The number of likely N-dealkylation sites (tertiary alicyclic amines) is 1. The van der Waals surface area contributed by atoms with Gasteiger partial charge in [-0.25, -0.2) is 4.98 Å². The van der Waals surface area contributed by atoms with Crippen LogP contribution in [0.3, 0.4) is 0 Å². The van der Waals surface area contributed by atoms with Gasteiger partial charge < -0.3 is 4.90 Å². The summed E-state index contributed by atoms with van der Waals surface area (Å²) >= 11 is 1.57. The minimum absolute atomic E-state index is 0.169. The van der Waals surface area contributed by atoms with Crippen molar-refractivity contribution in [2.75, 3.05) is 13.1 Å². The van der Waals surface area contributed by atoms with Crippen molar-refractivity contribution in [1.29, 1.82) is 0 Å². The summed E-state index contributed by atoms with van der Waals surface area (Å²) in [5, 5.41) is 11.1. The number of aromatic amines is 1. The van der Waals surface area contributed by atoms with Crippen LogP contribution in [0, 0.1) is 5.92 Å². The lowest BCUT2D eigenvalue weighted by atomic mass is 9.93. The van der Waals surface area contributed by atoms with E-state index < -0.39 is 0 Å². The van der Waals surface area contributed by atoms with Crippen LogP contribution in [0.1, 0.15) is 41.8 Å². The van der Waals surface area contributed by atoms with Gasteiger partial charge in [-0.3, -0.25) is 9.89 Å². The number of amides is 1. The predicted molar refractivity (Wildman–Crippen MR) is 82.4 cm³/mol. The molecule has 6 heteroatoms. The van der Waals surface area contributed by atoms with Crippen LogP contribution in [-0.2, 0) is 12.8 Å². The van der Waals surface area contributed by atoms with Gasteiger partial charge in [-0.2, -0.15) is 16.4 Å². The molecule has 0 radical (unpaired) electrons. The van der Waals surface area contributed by atoms with Gasteiger partial charge in [0, 0.05) is 31.3 Å². The summed E-state index contributed by atoms with van der Waals surface area (Å²) in [6.07, 6.45) is 3.88. The quantitative estimate of drug-likeness (QED) is 0.944. The maximum atomic E-state index is 12.3. The number of nitrogens with one attached hydrogen (secondary N) is 1. The molecule has 3 rings (SSSR count). The number of hydrogen-bond acceptors (Lipinski definition) is 4. The van der Waals surface area contributed by atoms with E-state index in [4.69, 9.17) is 0 Å². The Morgan fingerprint density at radius 1 is 1.48 bits per heavy atom. The Labute approximate surface area is 128 Å². The zero-order valence-corrected chi connectivity index (χ0v) is 13.0. The maximum Gasteiger partial charge on any atom is 0.254 e. The molecular weight excluding hydrogens is 284 g/mol. The zero-order chi connectivity index (χ0) is 14.7. The van der Waals surface area contributed by atoms with Crippen LogP contribution < -0.4 is 0 Å². The van der Waals surface area contributed by atoms with Crippen LogP contribution in [-0.4, -0.2) is 39.1 Å². The highest BCUT2D eigenvalue weighted by Crippen LogP contribution is 2.22. The molecule has 0 spiro atoms. The van der Waals surface area contributed by atoms with Gasteiger partial charge in [0.1, 0.15) is 11.6 Å². The number of rotatable bonds is 4. The van der Waals surface area contributed by atoms with Crippen molar-refractivity contribution in [3.8, 4) is 0 Å². The van der Waals surface area contributed by atoms with E-state index in [1.165, 1.54) is 0 Å². The SMILES string of the molecule is CCc1n[nH]c(CC2CCN(C(=O)c3ccsc3)CC2)n1. The molecule has 0 atom stereocenters. The molecule has 3 heterocycles. The maximum absolute atomic E-state index is 12.3. The van der Waals surface area contributed by atoms with Crippen LogP contribution >= 0.6 is 11.3 Å². The number of H-pyrrole nitrogens is 1. The summed E-state index contributed by atoms with van der Waals surface area (Å²) in [7, 11) is 0. The average molecular weight is 304 g/mol. The first-order valence-corrected chi connectivity index (χ1v) is 8.42. The summed E-state index contributed by atoms with van der Waals surface area (Å²) in [6.45, 7) is 3.74. The normalized spacial score (nSPS) is 16.3. The van der Waals surface area contributed by atoms with Crippen molar-refractivity contribution in [2.45, 2.75) is 32.6 Å². The number of piperidine rings is 1. The number of nitrogens with zero attached hydrogens (tertiary/aromatic N) is 3. The number of hydrogen-bond donors (Lipinski definition) is 1. The second kappa shape index (κ2) is 6.39. The lowest BCUT2D eigenvalue weighted by Crippen LogP contribution is -2.38. The topological polar surface area (TPSA) is 61.9 Å². The molecule has 112 valence electrons. The van der Waals surface area contributed by atoms with E-state index in [0.29, 0.717) is 5.92 Å². The van der Waals surface area contributed by atoms with Crippen molar-refractivity contribution in [2.24, 2.45) is 5.92 Å². The first kappa shape index (κ1) is 14.3. The third-order valence-electron chi connectivity index (χ3n) is 4.05. The average Bonchev–Trinajstić information content (AvgIpc) is 3.19. The van der Waals surface area contributed by atoms with Gasteiger partial charge in [0.05, 0.1) is 5.56 Å². The van der Waals surface area contributed by atoms with E-state index in [2.05, 4.69) is 22.1 Å². The van der Waals surface area contributed by atoms with E-state index >= 15 is 0 Å². The summed E-state index contributed by atoms with van der Waals surface area (Å²) in [6, 6.07) is 1.90. The fourth-order valence-electron chi connectivity index (χ4n) is 2.77. The second-order valence-electron chi connectivity index (χ2n) is 5.50. The molecule has 0 saturated carbocycles. The van der Waals surface area contributed by atoms with Crippen LogP contribution in [0.2, 0.25) is 0 Å². The molecule has 2 aromatic rings. The molecule has 21 heavy (non-hydrogen) atoms. The number of thiophene rings is 1. The number of carbonyl (C=O) groups is 1. The molecule has 0 bridgehead atoms. The number of aromatic nitrogens is 3. The molecule has 1 N–H and O–H groups in total. The highest BCUT2D eigenvalue weighted by atomic mass is 32.1. The van der Waals surface area contributed by atoms with Crippen molar-refractivity contribution in [3.63, 3.8) is 0 Å². The van der Waals surface area contributed by atoms with Gasteiger partial charge in [0.2, 0.25) is 0 Å². The van der Waals surface area contributed by atoms with Crippen LogP contribution in [0.5, 0.6) is 0 Å². The van der Waals surface area contributed by atoms with E-state index in [-0.39, 0.29) is 5.91 Å². The summed E-state index contributed by atoms with van der Waals surface area (Å²) in [5.41, 5.74) is 0.821. The van der Waals surface area contributed by atoms with Crippen LogP contribution in [0.4, 0.5) is 0 Å². The number of carbonyl (C=O) groups excluding carboxylic acids is 1. The molecule has 2 aromatic heterocycles. The van der Waals surface area contributed by atoms with Crippen LogP contribution in [0.15, 0.2) is 16.8 Å². The Bertz CT molecular complexity index is 585. The molecular formula is C15H20N4OS. The summed E-state index contributed by atoms with van der Waals surface area (Å²) in [5.74, 6) is 2.63. The fraction of sp³-hybridized carbons (Fsp3) is 0.533. The molecule has 0 unspecified atom stereocenters. The highest BCUT2D eigenvalue weighted by molar-refractivity contribution is 7.08. The van der Waals surface area contributed by atoms with Crippen molar-refractivity contribution >= 4 is 17.2 Å². The Hall–Kier alpha value is -1.69. The molecule has 0 aromatic carbocycles. The van der Waals surface area contributed by atoms with Gasteiger partial charge in [0.15, 0.2) is 0 Å². The smallest absolute Gasteiger partial charge is 0.254 e. The Morgan fingerprint density at radius 3 is 2.90 bits per heavy atom. The van der Waals surface area contributed by atoms with E-state index in [1.807, 2.05) is 21.7 Å². The Balaban J connectivity index is 1.52. The van der Waals surface area contributed by atoms with Crippen LogP contribution in [0.25, 0.3) is 0 Å². The van der Waals surface area contributed by atoms with Gasteiger partial charge >= 0.3 is 0 Å². The van der Waals surface area contributed by atoms with E-state index in [0.717, 1.165) is 56.0 Å². The van der Waals surface area contributed by atoms with Crippen molar-refractivity contribution < 1.29 is 4.79 Å². The fourth-order valence-corrected chi connectivity index (χ4v) is 3.40. The third-order valence-corrected chi connectivity index (χ3v) is 4.73. The van der Waals surface area contributed by atoms with Crippen molar-refractivity contribution in [3.05, 3.63) is 34.0 Å². The lowest BCUT2D eigenvalue weighted by molar-refractivity contribution is 0.0690. The first-order valence-electron chi connectivity index (χ1n) is 7.48.